The monoisotopic (exact) mass is 509 g/mol. The van der Waals surface area contributed by atoms with Gasteiger partial charge in [-0.3, -0.25) is 9.36 Å². The third kappa shape index (κ3) is 6.37. The molecule has 0 saturated carbocycles. The van der Waals surface area contributed by atoms with E-state index in [2.05, 4.69) is 20.6 Å². The lowest BCUT2D eigenvalue weighted by Gasteiger charge is -2.18. The first kappa shape index (κ1) is 25.5. The van der Waals surface area contributed by atoms with Gasteiger partial charge in [0, 0.05) is 37.3 Å². The average molecular weight is 510 g/mol. The summed E-state index contributed by atoms with van der Waals surface area (Å²) in [5.41, 5.74) is -0.206. The fraction of sp³-hybridized carbons (Fsp3) is 0.231. The predicted molar refractivity (Wildman–Crippen MR) is 134 cm³/mol. The van der Waals surface area contributed by atoms with Crippen LogP contribution in [0.1, 0.15) is 19.8 Å². The normalized spacial score (nSPS) is 11.7. The van der Waals surface area contributed by atoms with Gasteiger partial charge in [0.25, 0.3) is 5.56 Å². The highest BCUT2D eigenvalue weighted by Crippen LogP contribution is 2.25. The Kier molecular flexibility index (Phi) is 7.92. The minimum Gasteiger partial charge on any atom is -0.448 e. The SMILES string of the molecule is CCC(CCNC(=O)Oc1ccccc1)Nc1ncc2cc(Oc3ccc(F)cc3F)c(=O)n(C)c2n1. The van der Waals surface area contributed by atoms with E-state index in [1.165, 1.54) is 23.9 Å². The van der Waals surface area contributed by atoms with Crippen molar-refractivity contribution in [2.75, 3.05) is 11.9 Å². The van der Waals surface area contributed by atoms with Crippen LogP contribution in [0.4, 0.5) is 19.5 Å². The summed E-state index contributed by atoms with van der Waals surface area (Å²) in [6.45, 7) is 2.35. The molecule has 0 aliphatic rings. The van der Waals surface area contributed by atoms with Gasteiger partial charge in [-0.2, -0.15) is 4.98 Å². The van der Waals surface area contributed by atoms with E-state index in [-0.39, 0.29) is 17.5 Å². The van der Waals surface area contributed by atoms with Gasteiger partial charge in [-0.05, 0) is 43.2 Å². The number of aromatic nitrogens is 3. The van der Waals surface area contributed by atoms with Crippen LogP contribution < -0.4 is 25.7 Å². The van der Waals surface area contributed by atoms with Gasteiger partial charge >= 0.3 is 6.09 Å². The van der Waals surface area contributed by atoms with Crippen LogP contribution in [0.15, 0.2) is 65.6 Å². The molecule has 2 heterocycles. The van der Waals surface area contributed by atoms with Gasteiger partial charge in [0.1, 0.15) is 17.2 Å². The Morgan fingerprint density at radius 2 is 1.89 bits per heavy atom. The van der Waals surface area contributed by atoms with Gasteiger partial charge < -0.3 is 20.1 Å². The van der Waals surface area contributed by atoms with Gasteiger partial charge in [0.05, 0.1) is 0 Å². The molecular weight excluding hydrogens is 484 g/mol. The maximum absolute atomic E-state index is 14.0. The van der Waals surface area contributed by atoms with Crippen LogP contribution in [-0.4, -0.2) is 33.2 Å². The van der Waals surface area contributed by atoms with E-state index < -0.39 is 23.3 Å². The lowest BCUT2D eigenvalue weighted by molar-refractivity contribution is 0.200. The predicted octanol–water partition coefficient (Wildman–Crippen LogP) is 4.77. The van der Waals surface area contributed by atoms with Crippen molar-refractivity contribution in [3.63, 3.8) is 0 Å². The number of pyridine rings is 1. The molecule has 2 aromatic carbocycles. The van der Waals surface area contributed by atoms with Crippen LogP contribution in [0, 0.1) is 11.6 Å². The molecule has 1 atom stereocenters. The molecule has 0 spiro atoms. The quantitative estimate of drug-likeness (QED) is 0.335. The molecule has 4 aromatic rings. The highest BCUT2D eigenvalue weighted by molar-refractivity contribution is 5.77. The summed E-state index contributed by atoms with van der Waals surface area (Å²) in [7, 11) is 1.51. The number of anilines is 1. The van der Waals surface area contributed by atoms with Gasteiger partial charge in [-0.1, -0.05) is 25.1 Å². The minimum absolute atomic E-state index is 0.0597. The largest absolute Gasteiger partial charge is 0.448 e. The summed E-state index contributed by atoms with van der Waals surface area (Å²) in [6.07, 6.45) is 2.28. The number of nitrogens with one attached hydrogen (secondary N) is 2. The Bertz CT molecular complexity index is 1460. The fourth-order valence-corrected chi connectivity index (χ4v) is 3.58. The number of hydrogen-bond donors (Lipinski definition) is 2. The molecule has 1 amide bonds. The number of fused-ring (bicyclic) bond motifs is 1. The molecule has 0 aliphatic carbocycles. The molecule has 2 aromatic heterocycles. The van der Waals surface area contributed by atoms with Crippen LogP contribution in [-0.2, 0) is 7.05 Å². The van der Waals surface area contributed by atoms with Gasteiger partial charge in [0.2, 0.25) is 5.95 Å². The number of para-hydroxylation sites is 1. The molecule has 4 rings (SSSR count). The van der Waals surface area contributed by atoms with Crippen molar-refractivity contribution < 1.29 is 23.0 Å². The number of nitrogens with zero attached hydrogens (tertiary/aromatic N) is 3. The third-order valence-corrected chi connectivity index (χ3v) is 5.57. The van der Waals surface area contributed by atoms with Crippen molar-refractivity contribution in [3.8, 4) is 17.2 Å². The molecule has 0 aliphatic heterocycles. The molecule has 192 valence electrons. The molecule has 0 bridgehead atoms. The Labute approximate surface area is 211 Å². The second kappa shape index (κ2) is 11.5. The van der Waals surface area contributed by atoms with Crippen molar-refractivity contribution >= 4 is 23.1 Å². The molecule has 0 saturated heterocycles. The summed E-state index contributed by atoms with van der Waals surface area (Å²) in [5, 5.41) is 6.41. The Hall–Kier alpha value is -4.54. The van der Waals surface area contributed by atoms with Crippen LogP contribution in [0.3, 0.4) is 0 Å². The van der Waals surface area contributed by atoms with Crippen molar-refractivity contribution in [2.45, 2.75) is 25.8 Å². The van der Waals surface area contributed by atoms with Crippen molar-refractivity contribution in [2.24, 2.45) is 7.05 Å². The molecule has 2 N–H and O–H groups in total. The lowest BCUT2D eigenvalue weighted by Crippen LogP contribution is -2.32. The van der Waals surface area contributed by atoms with E-state index in [0.717, 1.165) is 18.6 Å². The summed E-state index contributed by atoms with van der Waals surface area (Å²) in [6, 6.07) is 12.9. The van der Waals surface area contributed by atoms with Gasteiger partial charge in [-0.15, -0.1) is 0 Å². The molecule has 0 fully saturated rings. The van der Waals surface area contributed by atoms with Crippen LogP contribution in [0.5, 0.6) is 17.2 Å². The number of halogens is 2. The summed E-state index contributed by atoms with van der Waals surface area (Å²) >= 11 is 0. The molecule has 11 heteroatoms. The number of rotatable bonds is 9. The second-order valence-corrected chi connectivity index (χ2v) is 8.19. The smallest absolute Gasteiger partial charge is 0.412 e. The third-order valence-electron chi connectivity index (χ3n) is 5.57. The van der Waals surface area contributed by atoms with Gasteiger partial charge in [0.15, 0.2) is 17.3 Å². The second-order valence-electron chi connectivity index (χ2n) is 8.19. The number of carbonyl (C=O) groups excluding carboxylic acids is 1. The first-order valence-electron chi connectivity index (χ1n) is 11.6. The van der Waals surface area contributed by atoms with Gasteiger partial charge in [-0.25, -0.2) is 18.6 Å². The Morgan fingerprint density at radius 3 is 2.62 bits per heavy atom. The van der Waals surface area contributed by atoms with E-state index in [1.54, 1.807) is 24.3 Å². The van der Waals surface area contributed by atoms with Crippen molar-refractivity contribution in [1.29, 1.82) is 0 Å². The number of carbonyl (C=O) groups is 1. The molecule has 9 nitrogen and oxygen atoms in total. The van der Waals surface area contributed by atoms with E-state index >= 15 is 0 Å². The molecule has 1 unspecified atom stereocenters. The Balaban J connectivity index is 1.42. The lowest BCUT2D eigenvalue weighted by atomic mass is 10.1. The topological polar surface area (TPSA) is 107 Å². The highest BCUT2D eigenvalue weighted by Gasteiger charge is 2.15. The fourth-order valence-electron chi connectivity index (χ4n) is 3.58. The minimum atomic E-state index is -0.925. The van der Waals surface area contributed by atoms with E-state index in [1.807, 2.05) is 13.0 Å². The van der Waals surface area contributed by atoms with E-state index in [9.17, 15) is 18.4 Å². The summed E-state index contributed by atoms with van der Waals surface area (Å²) < 4.78 is 39.0. The molecule has 0 radical (unpaired) electrons. The standard InChI is InChI=1S/C26H25F2N5O4/c1-3-18(11-12-29-26(35)36-19-7-5-4-6-8-19)31-25-30-15-16-13-22(24(34)33(2)23(16)32-25)37-21-10-9-17(27)14-20(21)28/h4-10,13-15,18H,3,11-12H2,1-2H3,(H,29,35)(H,30,31,32). The molecule has 37 heavy (non-hydrogen) atoms. The maximum atomic E-state index is 14.0. The zero-order valence-corrected chi connectivity index (χ0v) is 20.2. The van der Waals surface area contributed by atoms with Crippen LogP contribution >= 0.6 is 0 Å². The first-order valence-corrected chi connectivity index (χ1v) is 11.6. The molecular formula is C26H25F2N5O4. The van der Waals surface area contributed by atoms with Crippen LogP contribution in [0.25, 0.3) is 11.0 Å². The van der Waals surface area contributed by atoms with E-state index in [0.29, 0.717) is 41.8 Å². The highest BCUT2D eigenvalue weighted by atomic mass is 19.1. The number of benzene rings is 2. The Morgan fingerprint density at radius 1 is 1.11 bits per heavy atom. The van der Waals surface area contributed by atoms with Crippen molar-refractivity contribution in [3.05, 3.63) is 82.8 Å². The number of amides is 1. The first-order chi connectivity index (χ1) is 17.8. The number of ether oxygens (including phenoxy) is 2. The zero-order valence-electron chi connectivity index (χ0n) is 20.2. The van der Waals surface area contributed by atoms with Crippen LogP contribution in [0.2, 0.25) is 0 Å². The average Bonchev–Trinajstić information content (AvgIpc) is 2.89. The number of hydrogen-bond acceptors (Lipinski definition) is 7. The maximum Gasteiger partial charge on any atom is 0.412 e. The van der Waals surface area contributed by atoms with Crippen molar-refractivity contribution in [1.82, 2.24) is 19.9 Å². The number of aryl methyl sites for hydroxylation is 1. The van der Waals surface area contributed by atoms with E-state index in [4.69, 9.17) is 9.47 Å². The zero-order chi connectivity index (χ0) is 26.4. The summed E-state index contributed by atoms with van der Waals surface area (Å²) in [5.74, 6) is -1.34. The summed E-state index contributed by atoms with van der Waals surface area (Å²) in [4.78, 5) is 33.5.